The van der Waals surface area contributed by atoms with E-state index in [1.54, 1.807) is 48.4 Å². The Morgan fingerprint density at radius 1 is 1.28 bits per heavy atom. The number of anilines is 1. The summed E-state index contributed by atoms with van der Waals surface area (Å²) in [6, 6.07) is 9.68. The zero-order chi connectivity index (χ0) is 22.7. The van der Waals surface area contributed by atoms with Crippen molar-refractivity contribution in [3.05, 3.63) is 57.8 Å². The molecule has 168 valence electrons. The highest BCUT2D eigenvalue weighted by molar-refractivity contribution is 6.34. The van der Waals surface area contributed by atoms with Crippen LogP contribution in [0.5, 0.6) is 0 Å². The molecule has 1 aliphatic rings. The molecule has 1 saturated heterocycles. The van der Waals surface area contributed by atoms with Crippen molar-refractivity contribution in [3.8, 4) is 0 Å². The Morgan fingerprint density at radius 2 is 2.12 bits per heavy atom. The van der Waals surface area contributed by atoms with E-state index >= 15 is 0 Å². The first-order valence-corrected chi connectivity index (χ1v) is 10.8. The molecule has 10 heteroatoms. The van der Waals surface area contributed by atoms with Gasteiger partial charge in [0.15, 0.2) is 0 Å². The number of carbonyl (C=O) groups excluding carboxylic acids is 2. The normalized spacial score (nSPS) is 15.6. The fraction of sp³-hybridized carbons (Fsp3) is 0.318. The quantitative estimate of drug-likeness (QED) is 0.564. The summed E-state index contributed by atoms with van der Waals surface area (Å²) in [5.41, 5.74) is 2.42. The van der Waals surface area contributed by atoms with E-state index in [-0.39, 0.29) is 18.4 Å². The van der Waals surface area contributed by atoms with Gasteiger partial charge in [0.25, 0.3) is 5.91 Å². The molecular weight excluding hydrogens is 455 g/mol. The molecule has 1 atom stereocenters. The molecule has 0 saturated carbocycles. The highest BCUT2D eigenvalue weighted by Crippen LogP contribution is 2.28. The topological polar surface area (TPSA) is 96.6 Å². The van der Waals surface area contributed by atoms with Crippen LogP contribution in [-0.4, -0.2) is 55.3 Å². The minimum Gasteiger partial charge on any atom is -0.382 e. The number of benzene rings is 2. The average Bonchev–Trinajstić information content (AvgIpc) is 3.07. The second-order valence-corrected chi connectivity index (χ2v) is 8.18. The van der Waals surface area contributed by atoms with Gasteiger partial charge in [-0.15, -0.1) is 0 Å². The van der Waals surface area contributed by atoms with Gasteiger partial charge in [-0.3, -0.25) is 9.59 Å². The van der Waals surface area contributed by atoms with Gasteiger partial charge in [0.05, 0.1) is 48.0 Å². The molecule has 1 aromatic heterocycles. The fourth-order valence-corrected chi connectivity index (χ4v) is 4.02. The van der Waals surface area contributed by atoms with Crippen LogP contribution < -0.4 is 10.2 Å². The van der Waals surface area contributed by atoms with Crippen molar-refractivity contribution < 1.29 is 19.1 Å². The largest absolute Gasteiger partial charge is 0.382 e. The molecule has 4 rings (SSSR count). The smallest absolute Gasteiger partial charge is 0.252 e. The zero-order valence-corrected chi connectivity index (χ0v) is 18.9. The van der Waals surface area contributed by atoms with Gasteiger partial charge in [0, 0.05) is 24.2 Å². The number of aromatic nitrogens is 2. The molecule has 8 nitrogen and oxygen atoms in total. The molecular formula is C22H22Cl2N4O4. The molecule has 1 fully saturated rings. The number of imidazole rings is 1. The molecule has 2 amide bonds. The monoisotopic (exact) mass is 476 g/mol. The van der Waals surface area contributed by atoms with Crippen molar-refractivity contribution in [3.63, 3.8) is 0 Å². The van der Waals surface area contributed by atoms with E-state index < -0.39 is 6.04 Å². The van der Waals surface area contributed by atoms with Crippen LogP contribution >= 0.6 is 23.2 Å². The van der Waals surface area contributed by atoms with E-state index in [2.05, 4.69) is 15.3 Å². The maximum absolute atomic E-state index is 12.9. The van der Waals surface area contributed by atoms with Gasteiger partial charge >= 0.3 is 0 Å². The summed E-state index contributed by atoms with van der Waals surface area (Å²) in [5.74, 6) is 0.145. The van der Waals surface area contributed by atoms with Crippen LogP contribution in [0.1, 0.15) is 28.6 Å². The van der Waals surface area contributed by atoms with Crippen LogP contribution in [0, 0.1) is 0 Å². The SMILES string of the molecule is COCC(NC(=O)c1ccc(N2CCOCCC2=O)c(Cl)c1)c1nc2ccc(Cl)cc2[nH]1. The van der Waals surface area contributed by atoms with Crippen LogP contribution in [0.15, 0.2) is 36.4 Å². The highest BCUT2D eigenvalue weighted by atomic mass is 35.5. The number of fused-ring (bicyclic) bond motifs is 1. The first-order chi connectivity index (χ1) is 15.5. The maximum atomic E-state index is 12.9. The van der Waals surface area contributed by atoms with Crippen molar-refractivity contribution in [2.45, 2.75) is 12.5 Å². The van der Waals surface area contributed by atoms with E-state index in [1.807, 2.05) is 0 Å². The van der Waals surface area contributed by atoms with Crippen molar-refractivity contribution >= 4 is 51.7 Å². The summed E-state index contributed by atoms with van der Waals surface area (Å²) in [6.07, 6.45) is 0.292. The molecule has 0 radical (unpaired) electrons. The Balaban J connectivity index is 1.54. The molecule has 2 aromatic carbocycles. The third-order valence-electron chi connectivity index (χ3n) is 5.15. The highest BCUT2D eigenvalue weighted by Gasteiger charge is 2.23. The van der Waals surface area contributed by atoms with Crippen molar-refractivity contribution in [2.75, 3.05) is 38.4 Å². The number of ether oxygens (including phenoxy) is 2. The van der Waals surface area contributed by atoms with E-state index in [4.69, 9.17) is 32.7 Å². The maximum Gasteiger partial charge on any atom is 0.252 e. The van der Waals surface area contributed by atoms with Gasteiger partial charge in [-0.05, 0) is 36.4 Å². The Morgan fingerprint density at radius 3 is 2.91 bits per heavy atom. The summed E-state index contributed by atoms with van der Waals surface area (Å²) in [4.78, 5) is 34.6. The average molecular weight is 477 g/mol. The first kappa shape index (κ1) is 22.5. The Hall–Kier alpha value is -2.65. The molecule has 0 aliphatic carbocycles. The van der Waals surface area contributed by atoms with Crippen molar-refractivity contribution in [2.24, 2.45) is 0 Å². The molecule has 1 unspecified atom stereocenters. The number of hydrogen-bond donors (Lipinski definition) is 2. The number of amides is 2. The molecule has 1 aliphatic heterocycles. The fourth-order valence-electron chi connectivity index (χ4n) is 3.56. The molecule has 2 heterocycles. The summed E-state index contributed by atoms with van der Waals surface area (Å²) in [5, 5.41) is 3.82. The summed E-state index contributed by atoms with van der Waals surface area (Å²) >= 11 is 12.5. The van der Waals surface area contributed by atoms with Gasteiger partial charge in [0.2, 0.25) is 5.91 Å². The lowest BCUT2D eigenvalue weighted by Gasteiger charge is -2.22. The van der Waals surface area contributed by atoms with Gasteiger partial charge < -0.3 is 24.7 Å². The lowest BCUT2D eigenvalue weighted by Crippen LogP contribution is -2.33. The van der Waals surface area contributed by atoms with Gasteiger partial charge in [-0.1, -0.05) is 23.2 Å². The number of H-pyrrole nitrogens is 1. The third-order valence-corrected chi connectivity index (χ3v) is 5.69. The summed E-state index contributed by atoms with van der Waals surface area (Å²) in [6.45, 7) is 1.46. The standard InChI is InChI=1S/C22H22Cl2N4O4/c1-31-12-18(21-25-16-4-3-14(23)11-17(16)26-21)27-22(30)13-2-5-19(15(24)10-13)28-7-9-32-8-6-20(28)29/h2-5,10-11,18H,6-9,12H2,1H3,(H,25,26)(H,27,30). The number of nitrogens with zero attached hydrogens (tertiary/aromatic N) is 2. The number of carbonyl (C=O) groups is 2. The lowest BCUT2D eigenvalue weighted by molar-refractivity contribution is -0.118. The zero-order valence-electron chi connectivity index (χ0n) is 17.4. The number of aromatic amines is 1. The van der Waals surface area contributed by atoms with Gasteiger partial charge in [0.1, 0.15) is 11.9 Å². The van der Waals surface area contributed by atoms with E-state index in [9.17, 15) is 9.59 Å². The van der Waals surface area contributed by atoms with Crippen LogP contribution in [0.2, 0.25) is 10.0 Å². The third kappa shape index (κ3) is 4.88. The van der Waals surface area contributed by atoms with E-state index in [0.29, 0.717) is 53.3 Å². The second kappa shape index (κ2) is 9.87. The second-order valence-electron chi connectivity index (χ2n) is 7.34. The minimum atomic E-state index is -0.513. The Kier molecular flexibility index (Phi) is 6.95. The molecule has 0 spiro atoms. The van der Waals surface area contributed by atoms with Gasteiger partial charge in [-0.25, -0.2) is 4.98 Å². The van der Waals surface area contributed by atoms with Crippen molar-refractivity contribution in [1.82, 2.24) is 15.3 Å². The molecule has 32 heavy (non-hydrogen) atoms. The summed E-state index contributed by atoms with van der Waals surface area (Å²) < 4.78 is 10.6. The number of nitrogens with one attached hydrogen (secondary N) is 2. The van der Waals surface area contributed by atoms with Crippen LogP contribution in [0.4, 0.5) is 5.69 Å². The van der Waals surface area contributed by atoms with Gasteiger partial charge in [-0.2, -0.15) is 0 Å². The Labute approximate surface area is 194 Å². The number of halogens is 2. The van der Waals surface area contributed by atoms with E-state index in [1.165, 1.54) is 0 Å². The molecule has 0 bridgehead atoms. The van der Waals surface area contributed by atoms with Crippen molar-refractivity contribution in [1.29, 1.82) is 0 Å². The van der Waals surface area contributed by atoms with Crippen LogP contribution in [-0.2, 0) is 14.3 Å². The number of hydrogen-bond acceptors (Lipinski definition) is 5. The summed E-state index contributed by atoms with van der Waals surface area (Å²) in [7, 11) is 1.55. The lowest BCUT2D eigenvalue weighted by atomic mass is 10.1. The van der Waals surface area contributed by atoms with Crippen LogP contribution in [0.25, 0.3) is 11.0 Å². The van der Waals surface area contributed by atoms with Crippen LogP contribution in [0.3, 0.4) is 0 Å². The Bertz CT molecular complexity index is 1150. The minimum absolute atomic E-state index is 0.0632. The first-order valence-electron chi connectivity index (χ1n) is 10.1. The number of rotatable bonds is 6. The molecule has 3 aromatic rings. The predicted octanol–water partition coefficient (Wildman–Crippen LogP) is 3.74. The van der Waals surface area contributed by atoms with E-state index in [0.717, 1.165) is 11.0 Å². The number of methoxy groups -OCH3 is 1. The molecule has 2 N–H and O–H groups in total. The predicted molar refractivity (Wildman–Crippen MR) is 122 cm³/mol.